The van der Waals surface area contributed by atoms with Crippen molar-refractivity contribution in [3.63, 3.8) is 0 Å². The van der Waals surface area contributed by atoms with E-state index in [2.05, 4.69) is 36.3 Å². The van der Waals surface area contributed by atoms with Crippen LogP contribution in [0.4, 0.5) is 0 Å². The second-order valence-electron chi connectivity index (χ2n) is 14.7. The number of carbonyl (C=O) groups is 6. The van der Waals surface area contributed by atoms with Gasteiger partial charge in [0.2, 0.25) is 29.5 Å². The minimum Gasteiger partial charge on any atom is -0.460 e. The van der Waals surface area contributed by atoms with Gasteiger partial charge in [0.1, 0.15) is 23.7 Å². The summed E-state index contributed by atoms with van der Waals surface area (Å²) in [5.74, 6) is -5.55. The molecular formula is C35H53N9O7. The number of nitrogens with two attached hydrogens (primary N) is 1. The Kier molecular flexibility index (Phi) is 15.6. The molecule has 2 aromatic rings. The van der Waals surface area contributed by atoms with Crippen LogP contribution in [0.3, 0.4) is 0 Å². The van der Waals surface area contributed by atoms with Crippen LogP contribution in [-0.4, -0.2) is 76.3 Å². The molecule has 1 heterocycles. The summed E-state index contributed by atoms with van der Waals surface area (Å²) in [6.07, 6.45) is 1.54. The van der Waals surface area contributed by atoms with Crippen molar-refractivity contribution in [2.75, 3.05) is 0 Å². The van der Waals surface area contributed by atoms with Crippen molar-refractivity contribution in [3.8, 4) is 0 Å². The zero-order chi connectivity index (χ0) is 38.6. The first-order valence-corrected chi connectivity index (χ1v) is 17.1. The first-order chi connectivity index (χ1) is 23.7. The fourth-order valence-corrected chi connectivity index (χ4v) is 5.30. The van der Waals surface area contributed by atoms with Gasteiger partial charge < -0.3 is 36.7 Å². The summed E-state index contributed by atoms with van der Waals surface area (Å²) in [6.45, 7) is 15.4. The lowest BCUT2D eigenvalue weighted by atomic mass is 9.98. The van der Waals surface area contributed by atoms with Crippen LogP contribution in [0.1, 0.15) is 80.7 Å². The molecule has 16 heteroatoms. The van der Waals surface area contributed by atoms with Crippen LogP contribution in [0.25, 0.3) is 21.3 Å². The second-order valence-corrected chi connectivity index (χ2v) is 14.7. The molecule has 1 aromatic heterocycles. The molecule has 2 rings (SSSR count). The summed E-state index contributed by atoms with van der Waals surface area (Å²) < 4.78 is 5.41. The van der Waals surface area contributed by atoms with E-state index in [0.717, 1.165) is 16.5 Å². The number of amides is 5. The number of para-hydroxylation sites is 1. The molecule has 0 aliphatic heterocycles. The van der Waals surface area contributed by atoms with Gasteiger partial charge in [-0.3, -0.25) is 28.8 Å². The maximum atomic E-state index is 13.7. The Morgan fingerprint density at radius 2 is 1.39 bits per heavy atom. The molecule has 280 valence electrons. The van der Waals surface area contributed by atoms with Gasteiger partial charge in [-0.1, -0.05) is 59.7 Å². The lowest BCUT2D eigenvalue weighted by Crippen LogP contribution is -2.60. The van der Waals surface area contributed by atoms with Crippen LogP contribution in [0, 0.1) is 17.8 Å². The van der Waals surface area contributed by atoms with Gasteiger partial charge in [-0.15, -0.1) is 0 Å². The number of H-pyrrole nitrogens is 1. The summed E-state index contributed by atoms with van der Waals surface area (Å²) in [5.41, 5.74) is 15.8. The molecule has 0 radical (unpaired) electrons. The summed E-state index contributed by atoms with van der Waals surface area (Å²) >= 11 is 0. The van der Waals surface area contributed by atoms with E-state index in [9.17, 15) is 28.8 Å². The average molecular weight is 712 g/mol. The van der Waals surface area contributed by atoms with E-state index >= 15 is 0 Å². The Morgan fingerprint density at radius 1 is 0.843 bits per heavy atom. The second kappa shape index (κ2) is 18.9. The van der Waals surface area contributed by atoms with Gasteiger partial charge in [-0.2, -0.15) is 0 Å². The number of ether oxygens (including phenoxy) is 1. The normalized spacial score (nSPS) is 14.5. The summed E-state index contributed by atoms with van der Waals surface area (Å²) in [5, 5.41) is 14.4. The Morgan fingerprint density at radius 3 is 1.94 bits per heavy atom. The highest BCUT2D eigenvalue weighted by atomic mass is 16.6. The maximum absolute atomic E-state index is 13.7. The molecule has 0 bridgehead atoms. The van der Waals surface area contributed by atoms with Crippen LogP contribution in [0.5, 0.6) is 0 Å². The molecule has 0 fully saturated rings. The molecule has 51 heavy (non-hydrogen) atoms. The first-order valence-electron chi connectivity index (χ1n) is 17.1. The number of nitrogens with one attached hydrogen (secondary N) is 5. The molecule has 0 spiro atoms. The Bertz CT molecular complexity index is 1610. The van der Waals surface area contributed by atoms with Crippen LogP contribution in [-0.2, 0) is 39.9 Å². The summed E-state index contributed by atoms with van der Waals surface area (Å²) in [7, 11) is 0. The number of aromatic nitrogens is 1. The Balaban J connectivity index is 2.27. The van der Waals surface area contributed by atoms with Crippen molar-refractivity contribution in [1.29, 1.82) is 0 Å². The van der Waals surface area contributed by atoms with E-state index in [0.29, 0.717) is 0 Å². The number of fused-ring (bicyclic) bond motifs is 1. The number of rotatable bonds is 17. The van der Waals surface area contributed by atoms with Gasteiger partial charge in [-0.05, 0) is 73.6 Å². The Labute approximate surface area is 298 Å². The van der Waals surface area contributed by atoms with Gasteiger partial charge in [0.05, 0.1) is 18.5 Å². The molecule has 1 aromatic carbocycles. The number of azide groups is 1. The fraction of sp³-hybridized carbons (Fsp3) is 0.600. The highest BCUT2D eigenvalue weighted by Crippen LogP contribution is 2.19. The minimum absolute atomic E-state index is 0.0297. The zero-order valence-electron chi connectivity index (χ0n) is 30.9. The van der Waals surface area contributed by atoms with E-state index < -0.39 is 89.6 Å². The number of carbonyl (C=O) groups excluding carboxylic acids is 6. The third-order valence-corrected chi connectivity index (χ3v) is 7.83. The maximum Gasteiger partial charge on any atom is 0.308 e. The van der Waals surface area contributed by atoms with E-state index in [1.807, 2.05) is 38.1 Å². The average Bonchev–Trinajstić information content (AvgIpc) is 3.42. The standard InChI is InChI=1S/C35H53N9O7/c1-18(2)14-25(32(48)43-44-37)40-33(49)28(19(3)4)42-34(50)29(20(5)6)41-31(47)26(16-27(45)51-35(7,8)9)39-30(46)23(36)15-21-17-38-24-13-11-10-12-22(21)24/h10-13,17-20,23,25-26,28-29,38H,14-16,36H2,1-9H3,(H,39,46)(H,40,49)(H,41,47)(H,42,50)/t23-,25+,26-,28-,29+/m1/s1. The lowest BCUT2D eigenvalue weighted by Gasteiger charge is -2.29. The van der Waals surface area contributed by atoms with Crippen LogP contribution < -0.4 is 27.0 Å². The molecule has 0 aliphatic carbocycles. The van der Waals surface area contributed by atoms with Crippen molar-refractivity contribution in [2.24, 2.45) is 28.6 Å². The summed E-state index contributed by atoms with van der Waals surface area (Å²) in [6, 6.07) is 1.52. The Hall–Kier alpha value is -4.95. The number of aromatic amines is 1. The van der Waals surface area contributed by atoms with Crippen molar-refractivity contribution in [3.05, 3.63) is 46.5 Å². The molecule has 0 saturated heterocycles. The monoisotopic (exact) mass is 711 g/mol. The highest BCUT2D eigenvalue weighted by molar-refractivity contribution is 5.97. The number of hydrogen-bond donors (Lipinski definition) is 6. The first kappa shape index (κ1) is 42.2. The molecule has 0 unspecified atom stereocenters. The number of hydrogen-bond acceptors (Lipinski definition) is 8. The lowest BCUT2D eigenvalue weighted by molar-refractivity contribution is -0.156. The van der Waals surface area contributed by atoms with Gasteiger partial charge in [0.25, 0.3) is 0 Å². The third-order valence-electron chi connectivity index (χ3n) is 7.83. The molecule has 0 saturated carbocycles. The molecule has 5 atom stereocenters. The summed E-state index contributed by atoms with van der Waals surface area (Å²) in [4.78, 5) is 84.9. The number of nitrogens with zero attached hydrogens (tertiary/aromatic N) is 3. The molecule has 5 amide bonds. The van der Waals surface area contributed by atoms with Gasteiger partial charge in [0, 0.05) is 22.0 Å². The van der Waals surface area contributed by atoms with Crippen molar-refractivity contribution in [1.82, 2.24) is 26.3 Å². The van der Waals surface area contributed by atoms with E-state index in [1.54, 1.807) is 54.7 Å². The smallest absolute Gasteiger partial charge is 0.308 e. The van der Waals surface area contributed by atoms with Crippen molar-refractivity contribution in [2.45, 2.75) is 117 Å². The molecule has 7 N–H and O–H groups in total. The van der Waals surface area contributed by atoms with Gasteiger partial charge in [0.15, 0.2) is 0 Å². The highest BCUT2D eigenvalue weighted by Gasteiger charge is 2.35. The predicted molar refractivity (Wildman–Crippen MR) is 191 cm³/mol. The van der Waals surface area contributed by atoms with E-state index in [4.69, 9.17) is 16.0 Å². The largest absolute Gasteiger partial charge is 0.460 e. The van der Waals surface area contributed by atoms with E-state index in [-0.39, 0.29) is 18.8 Å². The van der Waals surface area contributed by atoms with Crippen LogP contribution in [0.2, 0.25) is 0 Å². The van der Waals surface area contributed by atoms with Crippen molar-refractivity contribution >= 4 is 46.4 Å². The number of esters is 1. The van der Waals surface area contributed by atoms with Crippen molar-refractivity contribution < 1.29 is 33.5 Å². The topological polar surface area (TPSA) is 250 Å². The van der Waals surface area contributed by atoms with Crippen LogP contribution >= 0.6 is 0 Å². The van der Waals surface area contributed by atoms with E-state index in [1.165, 1.54) is 0 Å². The SMILES string of the molecule is CC(C)C[C@H](NC(=O)[C@H](NC(=O)[C@@H](NC(=O)[C@@H](CC(=O)OC(C)(C)C)NC(=O)[C@H](N)Cc1c[nH]c2ccccc12)C(C)C)C(C)C)C(=O)N=[N+]=[N-]. The quantitative estimate of drug-likeness (QED) is 0.0614. The fourth-order valence-electron chi connectivity index (χ4n) is 5.30. The minimum atomic E-state index is -1.46. The third kappa shape index (κ3) is 13.4. The van der Waals surface area contributed by atoms with Gasteiger partial charge >= 0.3 is 5.97 Å². The molecule has 16 nitrogen and oxygen atoms in total. The van der Waals surface area contributed by atoms with Crippen LogP contribution in [0.15, 0.2) is 35.6 Å². The van der Waals surface area contributed by atoms with Gasteiger partial charge in [-0.25, -0.2) is 0 Å². The predicted octanol–water partition coefficient (Wildman–Crippen LogP) is 2.90. The number of benzene rings is 1. The molecule has 0 aliphatic rings. The molecular weight excluding hydrogens is 658 g/mol. The zero-order valence-corrected chi connectivity index (χ0v) is 30.9.